The van der Waals surface area contributed by atoms with Crippen LogP contribution in [0.4, 0.5) is 0 Å². The second kappa shape index (κ2) is 5.88. The Balaban J connectivity index is 2.41. The van der Waals surface area contributed by atoms with E-state index in [1.807, 2.05) is 19.1 Å². The summed E-state index contributed by atoms with van der Waals surface area (Å²) in [5.41, 5.74) is 3.23. The molecule has 0 saturated heterocycles. The molecule has 0 aliphatic heterocycles. The Morgan fingerprint density at radius 2 is 1.73 bits per heavy atom. The molecule has 3 aromatic rings. The van der Waals surface area contributed by atoms with E-state index < -0.39 is 5.24 Å². The van der Waals surface area contributed by atoms with Crippen molar-refractivity contribution in [3.05, 3.63) is 63.6 Å². The zero-order valence-electron chi connectivity index (χ0n) is 11.5. The summed E-state index contributed by atoms with van der Waals surface area (Å²) >= 11 is 18.0. The highest BCUT2D eigenvalue weighted by atomic mass is 35.5. The number of benzene rings is 2. The van der Waals surface area contributed by atoms with Crippen molar-refractivity contribution in [3.8, 4) is 11.3 Å². The summed E-state index contributed by atoms with van der Waals surface area (Å²) in [6, 6.07) is 12.6. The summed E-state index contributed by atoms with van der Waals surface area (Å²) in [6.07, 6.45) is 0. The van der Waals surface area contributed by atoms with E-state index in [9.17, 15) is 4.79 Å². The molecule has 3 rings (SSSR count). The molecule has 2 nitrogen and oxygen atoms in total. The molecule has 0 bridgehead atoms. The van der Waals surface area contributed by atoms with Gasteiger partial charge in [-0.3, -0.25) is 4.79 Å². The molecule has 110 valence electrons. The van der Waals surface area contributed by atoms with Crippen molar-refractivity contribution in [1.29, 1.82) is 0 Å². The van der Waals surface area contributed by atoms with Gasteiger partial charge in [0.1, 0.15) is 0 Å². The molecule has 5 heteroatoms. The molecular weight excluding hydrogens is 341 g/mol. The lowest BCUT2D eigenvalue weighted by Gasteiger charge is -2.13. The van der Waals surface area contributed by atoms with Gasteiger partial charge in [-0.15, -0.1) is 0 Å². The lowest BCUT2D eigenvalue weighted by atomic mass is 9.98. The van der Waals surface area contributed by atoms with Gasteiger partial charge in [0.15, 0.2) is 0 Å². The first-order valence-corrected chi connectivity index (χ1v) is 7.67. The van der Waals surface area contributed by atoms with Gasteiger partial charge in [-0.05, 0) is 42.3 Å². The SMILES string of the molecule is Cc1c(-c2ccc(Cl)cc2)nc2c(Cl)cccc2c1C(=O)Cl. The third-order valence-corrected chi connectivity index (χ3v) is 4.27. The van der Waals surface area contributed by atoms with Crippen molar-refractivity contribution in [2.45, 2.75) is 6.92 Å². The van der Waals surface area contributed by atoms with Gasteiger partial charge in [-0.1, -0.05) is 47.5 Å². The average molecular weight is 351 g/mol. The maximum absolute atomic E-state index is 11.9. The highest BCUT2D eigenvalue weighted by Gasteiger charge is 2.18. The van der Waals surface area contributed by atoms with Crippen LogP contribution in [-0.4, -0.2) is 10.2 Å². The number of rotatable bonds is 2. The van der Waals surface area contributed by atoms with Gasteiger partial charge in [-0.25, -0.2) is 4.98 Å². The Morgan fingerprint density at radius 1 is 1.05 bits per heavy atom. The second-order valence-electron chi connectivity index (χ2n) is 4.88. The summed E-state index contributed by atoms with van der Waals surface area (Å²) in [5.74, 6) is 0. The van der Waals surface area contributed by atoms with Crippen molar-refractivity contribution in [2.75, 3.05) is 0 Å². The zero-order chi connectivity index (χ0) is 15.9. The minimum atomic E-state index is -0.526. The van der Waals surface area contributed by atoms with Crippen LogP contribution in [0.15, 0.2) is 42.5 Å². The van der Waals surface area contributed by atoms with Gasteiger partial charge in [0.25, 0.3) is 5.24 Å². The fraction of sp³-hybridized carbons (Fsp3) is 0.0588. The van der Waals surface area contributed by atoms with Crippen LogP contribution in [0.25, 0.3) is 22.2 Å². The van der Waals surface area contributed by atoms with E-state index in [0.717, 1.165) is 11.1 Å². The third-order valence-electron chi connectivity index (χ3n) is 3.52. The van der Waals surface area contributed by atoms with Crippen molar-refractivity contribution < 1.29 is 4.79 Å². The predicted molar refractivity (Wildman–Crippen MR) is 92.1 cm³/mol. The number of aromatic nitrogens is 1. The number of hydrogen-bond acceptors (Lipinski definition) is 2. The molecule has 1 heterocycles. The van der Waals surface area contributed by atoms with Gasteiger partial charge >= 0.3 is 0 Å². The average Bonchev–Trinajstić information content (AvgIpc) is 2.47. The summed E-state index contributed by atoms with van der Waals surface area (Å²) < 4.78 is 0. The van der Waals surface area contributed by atoms with E-state index in [0.29, 0.717) is 32.2 Å². The van der Waals surface area contributed by atoms with Crippen LogP contribution in [-0.2, 0) is 0 Å². The van der Waals surface area contributed by atoms with Crippen LogP contribution in [0.3, 0.4) is 0 Å². The summed E-state index contributed by atoms with van der Waals surface area (Å²) in [5, 5.41) is 1.24. The quantitative estimate of drug-likeness (QED) is 0.539. The number of fused-ring (bicyclic) bond motifs is 1. The Bertz CT molecular complexity index is 889. The molecule has 0 saturated carbocycles. The van der Waals surface area contributed by atoms with Gasteiger partial charge in [0, 0.05) is 21.5 Å². The maximum Gasteiger partial charge on any atom is 0.253 e. The van der Waals surface area contributed by atoms with Crippen LogP contribution in [0.5, 0.6) is 0 Å². The van der Waals surface area contributed by atoms with Crippen LogP contribution in [0, 0.1) is 6.92 Å². The van der Waals surface area contributed by atoms with Crippen molar-refractivity contribution in [1.82, 2.24) is 4.98 Å². The van der Waals surface area contributed by atoms with E-state index in [1.54, 1.807) is 30.3 Å². The van der Waals surface area contributed by atoms with Crippen LogP contribution in [0.2, 0.25) is 10.0 Å². The second-order valence-corrected chi connectivity index (χ2v) is 6.06. The summed E-state index contributed by atoms with van der Waals surface area (Å²) in [4.78, 5) is 16.5. The Labute approximate surface area is 142 Å². The number of pyridine rings is 1. The topological polar surface area (TPSA) is 30.0 Å². The number of nitrogens with zero attached hydrogens (tertiary/aromatic N) is 1. The Morgan fingerprint density at radius 3 is 2.36 bits per heavy atom. The molecule has 0 atom stereocenters. The first-order valence-electron chi connectivity index (χ1n) is 6.53. The predicted octanol–water partition coefficient (Wildman–Crippen LogP) is 5.90. The van der Waals surface area contributed by atoms with Crippen LogP contribution in [0.1, 0.15) is 15.9 Å². The normalized spacial score (nSPS) is 10.9. The Kier molecular flexibility index (Phi) is 4.09. The minimum absolute atomic E-state index is 0.430. The van der Waals surface area contributed by atoms with Crippen molar-refractivity contribution in [2.24, 2.45) is 0 Å². The van der Waals surface area contributed by atoms with Gasteiger partial charge < -0.3 is 0 Å². The van der Waals surface area contributed by atoms with E-state index in [-0.39, 0.29) is 0 Å². The molecule has 22 heavy (non-hydrogen) atoms. The van der Waals surface area contributed by atoms with E-state index in [1.165, 1.54) is 0 Å². The largest absolute Gasteiger partial charge is 0.276 e. The molecule has 0 unspecified atom stereocenters. The lowest BCUT2D eigenvalue weighted by molar-refractivity contribution is 0.108. The Hall–Kier alpha value is -1.61. The molecule has 0 fully saturated rings. The summed E-state index contributed by atoms with van der Waals surface area (Å²) in [6.45, 7) is 1.83. The van der Waals surface area contributed by atoms with Crippen molar-refractivity contribution in [3.63, 3.8) is 0 Å². The van der Waals surface area contributed by atoms with Crippen molar-refractivity contribution >= 4 is 50.9 Å². The number of carbonyl (C=O) groups excluding carboxylic acids is 1. The van der Waals surface area contributed by atoms with E-state index in [2.05, 4.69) is 4.98 Å². The molecule has 0 N–H and O–H groups in total. The molecule has 0 aliphatic carbocycles. The van der Waals surface area contributed by atoms with E-state index >= 15 is 0 Å². The number of para-hydroxylation sites is 1. The fourth-order valence-electron chi connectivity index (χ4n) is 2.49. The molecule has 0 amide bonds. The van der Waals surface area contributed by atoms with Crippen LogP contribution < -0.4 is 0 Å². The maximum atomic E-state index is 11.9. The van der Waals surface area contributed by atoms with Gasteiger partial charge in [0.2, 0.25) is 0 Å². The number of hydrogen-bond donors (Lipinski definition) is 0. The molecule has 0 aliphatic rings. The summed E-state index contributed by atoms with van der Waals surface area (Å²) in [7, 11) is 0. The standard InChI is InChI=1S/C17H10Cl3NO/c1-9-14(17(20)22)12-3-2-4-13(19)16(12)21-15(9)10-5-7-11(18)8-6-10/h2-8H,1H3. The third kappa shape index (κ3) is 2.58. The zero-order valence-corrected chi connectivity index (χ0v) is 13.8. The smallest absolute Gasteiger partial charge is 0.253 e. The highest BCUT2D eigenvalue weighted by Crippen LogP contribution is 2.33. The van der Waals surface area contributed by atoms with Gasteiger partial charge in [-0.2, -0.15) is 0 Å². The van der Waals surface area contributed by atoms with E-state index in [4.69, 9.17) is 34.8 Å². The monoisotopic (exact) mass is 349 g/mol. The molecule has 2 aromatic carbocycles. The molecule has 0 radical (unpaired) electrons. The first kappa shape index (κ1) is 15.3. The lowest BCUT2D eigenvalue weighted by Crippen LogP contribution is -2.01. The van der Waals surface area contributed by atoms with Gasteiger partial charge in [0.05, 0.1) is 16.2 Å². The highest BCUT2D eigenvalue weighted by molar-refractivity contribution is 6.69. The molecular formula is C17H10Cl3NO. The number of halogens is 3. The molecule has 0 spiro atoms. The number of carbonyl (C=O) groups is 1. The van der Waals surface area contributed by atoms with Crippen LogP contribution >= 0.6 is 34.8 Å². The first-order chi connectivity index (χ1) is 10.5. The fourth-order valence-corrected chi connectivity index (χ4v) is 3.08. The molecule has 1 aromatic heterocycles. The minimum Gasteiger partial charge on any atom is -0.276 e.